The van der Waals surface area contributed by atoms with E-state index >= 15 is 0 Å². The van der Waals surface area contributed by atoms with E-state index in [2.05, 4.69) is 24.4 Å². The molecule has 0 radical (unpaired) electrons. The highest BCUT2D eigenvalue weighted by Crippen LogP contribution is 2.23. The van der Waals surface area contributed by atoms with Gasteiger partial charge >= 0.3 is 0 Å². The second-order valence-electron chi connectivity index (χ2n) is 8.56. The van der Waals surface area contributed by atoms with Crippen LogP contribution < -0.4 is 5.32 Å². The minimum Gasteiger partial charge on any atom is -0.390 e. The van der Waals surface area contributed by atoms with Gasteiger partial charge in [-0.1, -0.05) is 102 Å². The Hall–Kier alpha value is -1.39. The SMILES string of the molecule is CCCCNC(=O)C(CCCCCCCCCCC(O)C(O)CC)c1ccccc1. The average Bonchev–Trinajstić information content (AvgIpc) is 2.77. The van der Waals surface area contributed by atoms with Crippen molar-refractivity contribution in [2.75, 3.05) is 6.54 Å². The summed E-state index contributed by atoms with van der Waals surface area (Å²) in [7, 11) is 0. The number of aliphatic hydroxyl groups excluding tert-OH is 2. The number of nitrogens with one attached hydrogen (secondary N) is 1. The summed E-state index contributed by atoms with van der Waals surface area (Å²) in [6, 6.07) is 10.2. The first kappa shape index (κ1) is 26.6. The first-order valence-electron chi connectivity index (χ1n) is 12.3. The van der Waals surface area contributed by atoms with Crippen LogP contribution in [-0.2, 0) is 4.79 Å². The van der Waals surface area contributed by atoms with Gasteiger partial charge < -0.3 is 15.5 Å². The van der Waals surface area contributed by atoms with Crippen LogP contribution in [-0.4, -0.2) is 34.9 Å². The van der Waals surface area contributed by atoms with Crippen molar-refractivity contribution >= 4 is 5.91 Å². The Morgan fingerprint density at radius 2 is 1.37 bits per heavy atom. The Balaban J connectivity index is 2.17. The zero-order chi connectivity index (χ0) is 22.0. The summed E-state index contributed by atoms with van der Waals surface area (Å²) in [4.78, 5) is 12.6. The first-order chi connectivity index (χ1) is 14.6. The van der Waals surface area contributed by atoms with Crippen LogP contribution in [0.2, 0.25) is 0 Å². The van der Waals surface area contributed by atoms with Crippen molar-refractivity contribution in [3.05, 3.63) is 35.9 Å². The largest absolute Gasteiger partial charge is 0.390 e. The third-order valence-electron chi connectivity index (χ3n) is 5.95. The van der Waals surface area contributed by atoms with Crippen LogP contribution in [0.15, 0.2) is 30.3 Å². The summed E-state index contributed by atoms with van der Waals surface area (Å²) >= 11 is 0. The Bertz CT molecular complexity index is 534. The Morgan fingerprint density at radius 1 is 0.800 bits per heavy atom. The molecule has 0 aliphatic carbocycles. The van der Waals surface area contributed by atoms with E-state index in [1.807, 2.05) is 25.1 Å². The summed E-state index contributed by atoms with van der Waals surface area (Å²) in [6.07, 6.45) is 12.5. The first-order valence-corrected chi connectivity index (χ1v) is 12.3. The van der Waals surface area contributed by atoms with E-state index in [0.717, 1.165) is 50.6 Å². The van der Waals surface area contributed by atoms with Crippen molar-refractivity contribution in [3.63, 3.8) is 0 Å². The van der Waals surface area contributed by atoms with Crippen LogP contribution in [0.3, 0.4) is 0 Å². The number of amides is 1. The van der Waals surface area contributed by atoms with Crippen molar-refractivity contribution in [2.24, 2.45) is 0 Å². The van der Waals surface area contributed by atoms with Crippen molar-refractivity contribution in [1.29, 1.82) is 0 Å². The van der Waals surface area contributed by atoms with Crippen LogP contribution in [0.4, 0.5) is 0 Å². The fourth-order valence-corrected chi connectivity index (χ4v) is 3.87. The van der Waals surface area contributed by atoms with Gasteiger partial charge in [-0.15, -0.1) is 0 Å². The number of hydrogen-bond acceptors (Lipinski definition) is 3. The van der Waals surface area contributed by atoms with Crippen molar-refractivity contribution < 1.29 is 15.0 Å². The van der Waals surface area contributed by atoms with Crippen molar-refractivity contribution in [2.45, 2.75) is 115 Å². The molecule has 0 aromatic heterocycles. The molecule has 1 amide bonds. The number of unbranched alkanes of at least 4 members (excludes halogenated alkanes) is 8. The molecule has 4 heteroatoms. The van der Waals surface area contributed by atoms with Gasteiger partial charge in [-0.2, -0.15) is 0 Å². The van der Waals surface area contributed by atoms with Gasteiger partial charge in [0.15, 0.2) is 0 Å². The minimum atomic E-state index is -0.571. The molecule has 3 atom stereocenters. The fourth-order valence-electron chi connectivity index (χ4n) is 3.87. The van der Waals surface area contributed by atoms with Gasteiger partial charge in [0.2, 0.25) is 5.91 Å². The summed E-state index contributed by atoms with van der Waals surface area (Å²) in [5, 5.41) is 22.4. The van der Waals surface area contributed by atoms with E-state index in [9.17, 15) is 15.0 Å². The standard InChI is InChI=1S/C26H45NO3/c1-3-5-21-27-26(30)23(22-17-13-12-14-18-22)19-15-10-8-6-7-9-11-16-20-25(29)24(28)4-2/h12-14,17-18,23-25,28-29H,3-11,15-16,19-21H2,1-2H3,(H,27,30). The normalized spacial score (nSPS) is 14.3. The molecule has 0 bridgehead atoms. The van der Waals surface area contributed by atoms with E-state index in [1.165, 1.54) is 32.1 Å². The topological polar surface area (TPSA) is 69.6 Å². The maximum absolute atomic E-state index is 12.6. The van der Waals surface area contributed by atoms with Gasteiger partial charge in [0.05, 0.1) is 18.1 Å². The number of carbonyl (C=O) groups excluding carboxylic acids is 1. The fraction of sp³-hybridized carbons (Fsp3) is 0.731. The molecule has 3 unspecified atom stereocenters. The number of carbonyl (C=O) groups is 1. The molecule has 30 heavy (non-hydrogen) atoms. The van der Waals surface area contributed by atoms with Crippen LogP contribution in [0, 0.1) is 0 Å². The second kappa shape index (κ2) is 17.3. The molecule has 0 spiro atoms. The molecule has 0 aliphatic heterocycles. The van der Waals surface area contributed by atoms with E-state index < -0.39 is 12.2 Å². The highest BCUT2D eigenvalue weighted by atomic mass is 16.3. The summed E-state index contributed by atoms with van der Waals surface area (Å²) in [5.41, 5.74) is 1.13. The van der Waals surface area contributed by atoms with E-state index in [0.29, 0.717) is 12.8 Å². The van der Waals surface area contributed by atoms with Gasteiger partial charge in [0.25, 0.3) is 0 Å². The molecule has 4 nitrogen and oxygen atoms in total. The number of rotatable bonds is 18. The minimum absolute atomic E-state index is 0.0343. The average molecular weight is 420 g/mol. The van der Waals surface area contributed by atoms with Crippen molar-refractivity contribution in [3.8, 4) is 0 Å². The third-order valence-corrected chi connectivity index (χ3v) is 5.95. The Morgan fingerprint density at radius 3 is 1.93 bits per heavy atom. The van der Waals surface area contributed by atoms with E-state index in [1.54, 1.807) is 0 Å². The van der Waals surface area contributed by atoms with E-state index in [4.69, 9.17) is 0 Å². The number of hydrogen-bond donors (Lipinski definition) is 3. The predicted molar refractivity (Wildman–Crippen MR) is 126 cm³/mol. The van der Waals surface area contributed by atoms with Gasteiger partial charge in [-0.25, -0.2) is 0 Å². The molecule has 172 valence electrons. The quantitative estimate of drug-likeness (QED) is 0.267. The van der Waals surface area contributed by atoms with Crippen LogP contribution in [0.5, 0.6) is 0 Å². The molecular formula is C26H45NO3. The molecule has 0 aliphatic rings. The highest BCUT2D eigenvalue weighted by Gasteiger charge is 2.19. The molecule has 1 rings (SSSR count). The van der Waals surface area contributed by atoms with Crippen LogP contribution in [0.25, 0.3) is 0 Å². The van der Waals surface area contributed by atoms with Gasteiger partial charge in [0, 0.05) is 6.54 Å². The predicted octanol–water partition coefficient (Wildman–Crippen LogP) is 5.72. The van der Waals surface area contributed by atoms with Gasteiger partial charge in [0.1, 0.15) is 0 Å². The lowest BCUT2D eigenvalue weighted by Crippen LogP contribution is -2.30. The molecular weight excluding hydrogens is 374 g/mol. The summed E-state index contributed by atoms with van der Waals surface area (Å²) in [5.74, 6) is 0.137. The molecule has 0 saturated heterocycles. The number of aliphatic hydroxyl groups is 2. The molecule has 0 heterocycles. The molecule has 0 fully saturated rings. The molecule has 1 aromatic carbocycles. The number of benzene rings is 1. The third kappa shape index (κ3) is 11.7. The second-order valence-corrected chi connectivity index (χ2v) is 8.56. The zero-order valence-electron chi connectivity index (χ0n) is 19.3. The summed E-state index contributed by atoms with van der Waals surface area (Å²) < 4.78 is 0. The highest BCUT2D eigenvalue weighted by molar-refractivity contribution is 5.83. The zero-order valence-corrected chi connectivity index (χ0v) is 19.3. The Kier molecular flexibility index (Phi) is 15.4. The molecule has 1 aromatic rings. The van der Waals surface area contributed by atoms with Gasteiger partial charge in [-0.05, 0) is 31.2 Å². The lowest BCUT2D eigenvalue weighted by molar-refractivity contribution is -0.122. The molecule has 3 N–H and O–H groups in total. The van der Waals surface area contributed by atoms with Gasteiger partial charge in [-0.3, -0.25) is 4.79 Å². The smallest absolute Gasteiger partial charge is 0.227 e. The van der Waals surface area contributed by atoms with Crippen LogP contribution >= 0.6 is 0 Å². The molecule has 0 saturated carbocycles. The monoisotopic (exact) mass is 419 g/mol. The van der Waals surface area contributed by atoms with E-state index in [-0.39, 0.29) is 11.8 Å². The lowest BCUT2D eigenvalue weighted by atomic mass is 9.92. The Labute approximate surface area is 184 Å². The summed E-state index contributed by atoms with van der Waals surface area (Å²) in [6.45, 7) is 4.81. The van der Waals surface area contributed by atoms with Crippen LogP contribution in [0.1, 0.15) is 109 Å². The maximum atomic E-state index is 12.6. The lowest BCUT2D eigenvalue weighted by Gasteiger charge is -2.17. The van der Waals surface area contributed by atoms with Crippen molar-refractivity contribution in [1.82, 2.24) is 5.32 Å². The maximum Gasteiger partial charge on any atom is 0.227 e.